The van der Waals surface area contributed by atoms with Crippen molar-refractivity contribution in [2.24, 2.45) is 5.92 Å². The molecule has 3 N–H and O–H groups in total. The summed E-state index contributed by atoms with van der Waals surface area (Å²) in [5.74, 6) is -3.09. The van der Waals surface area contributed by atoms with Gasteiger partial charge in [0, 0.05) is 12.1 Å². The molecule has 1 rings (SSSR count). The van der Waals surface area contributed by atoms with Gasteiger partial charge >= 0.3 is 12.0 Å². The highest BCUT2D eigenvalue weighted by molar-refractivity contribution is 5.82. The van der Waals surface area contributed by atoms with E-state index in [0.717, 1.165) is 6.07 Å². The highest BCUT2D eigenvalue weighted by atomic mass is 19.2. The molecule has 0 bridgehead atoms. The van der Waals surface area contributed by atoms with Crippen molar-refractivity contribution in [2.45, 2.75) is 32.9 Å². The Balaban J connectivity index is 2.57. The molecule has 0 spiro atoms. The first-order valence-corrected chi connectivity index (χ1v) is 6.51. The van der Waals surface area contributed by atoms with Crippen LogP contribution in [0.4, 0.5) is 13.6 Å². The van der Waals surface area contributed by atoms with E-state index in [4.69, 9.17) is 5.11 Å². The average molecular weight is 300 g/mol. The molecule has 0 aromatic heterocycles. The van der Waals surface area contributed by atoms with Gasteiger partial charge in [0.25, 0.3) is 0 Å². The van der Waals surface area contributed by atoms with Crippen LogP contribution in [0.15, 0.2) is 18.2 Å². The Bertz CT molecular complexity index is 521. The molecule has 1 aromatic rings. The molecule has 0 saturated heterocycles. The Kier molecular flexibility index (Phi) is 6.08. The van der Waals surface area contributed by atoms with Gasteiger partial charge in [0.1, 0.15) is 6.04 Å². The fourth-order valence-corrected chi connectivity index (χ4v) is 1.76. The first kappa shape index (κ1) is 16.9. The van der Waals surface area contributed by atoms with Crippen LogP contribution in [-0.2, 0) is 11.3 Å². The summed E-state index contributed by atoms with van der Waals surface area (Å²) in [7, 11) is 0. The highest BCUT2D eigenvalue weighted by Crippen LogP contribution is 2.11. The van der Waals surface area contributed by atoms with E-state index >= 15 is 0 Å². The van der Waals surface area contributed by atoms with Crippen molar-refractivity contribution in [3.05, 3.63) is 35.4 Å². The van der Waals surface area contributed by atoms with Gasteiger partial charge in [-0.15, -0.1) is 0 Å². The fourth-order valence-electron chi connectivity index (χ4n) is 1.76. The molecule has 1 atom stereocenters. The SMILES string of the molecule is CC(C)CC(NC(=O)NCc1cccc(F)c1F)C(=O)O. The number of halogens is 2. The molecule has 0 aliphatic carbocycles. The maximum atomic E-state index is 13.4. The second-order valence-corrected chi connectivity index (χ2v) is 5.06. The molecule has 0 aliphatic rings. The smallest absolute Gasteiger partial charge is 0.326 e. The molecule has 0 radical (unpaired) electrons. The van der Waals surface area contributed by atoms with Crippen molar-refractivity contribution in [1.82, 2.24) is 10.6 Å². The number of hydrogen-bond donors (Lipinski definition) is 3. The van der Waals surface area contributed by atoms with Gasteiger partial charge < -0.3 is 15.7 Å². The van der Waals surface area contributed by atoms with Crippen LogP contribution in [0.1, 0.15) is 25.8 Å². The Morgan fingerprint density at radius 1 is 1.29 bits per heavy atom. The largest absolute Gasteiger partial charge is 0.480 e. The number of amides is 2. The molecule has 7 heteroatoms. The first-order chi connectivity index (χ1) is 9.81. The minimum Gasteiger partial charge on any atom is -0.480 e. The number of carboxylic acid groups (broad SMARTS) is 1. The lowest BCUT2D eigenvalue weighted by Crippen LogP contribution is -2.46. The number of carbonyl (C=O) groups is 2. The second kappa shape index (κ2) is 7.56. The molecule has 21 heavy (non-hydrogen) atoms. The maximum absolute atomic E-state index is 13.4. The highest BCUT2D eigenvalue weighted by Gasteiger charge is 2.21. The van der Waals surface area contributed by atoms with Crippen LogP contribution in [0, 0.1) is 17.6 Å². The summed E-state index contributed by atoms with van der Waals surface area (Å²) in [5.41, 5.74) is -0.0131. The van der Waals surface area contributed by atoms with Gasteiger partial charge in [-0.1, -0.05) is 26.0 Å². The molecule has 0 heterocycles. The zero-order valence-corrected chi connectivity index (χ0v) is 11.8. The van der Waals surface area contributed by atoms with E-state index in [1.807, 2.05) is 13.8 Å². The summed E-state index contributed by atoms with van der Waals surface area (Å²) in [6.45, 7) is 3.43. The summed E-state index contributed by atoms with van der Waals surface area (Å²) < 4.78 is 26.4. The molecular weight excluding hydrogens is 282 g/mol. The number of rotatable bonds is 6. The number of carboxylic acids is 1. The predicted molar refractivity (Wildman–Crippen MR) is 72.6 cm³/mol. The number of nitrogens with one attached hydrogen (secondary N) is 2. The van der Waals surface area contributed by atoms with Gasteiger partial charge in [0.15, 0.2) is 11.6 Å². The van der Waals surface area contributed by atoms with Crippen LogP contribution in [0.5, 0.6) is 0 Å². The molecule has 0 aliphatic heterocycles. The van der Waals surface area contributed by atoms with Crippen LogP contribution in [0.2, 0.25) is 0 Å². The lowest BCUT2D eigenvalue weighted by atomic mass is 10.0. The molecule has 2 amide bonds. The first-order valence-electron chi connectivity index (χ1n) is 6.51. The Morgan fingerprint density at radius 3 is 2.52 bits per heavy atom. The van der Waals surface area contributed by atoms with Gasteiger partial charge in [-0.25, -0.2) is 18.4 Å². The van der Waals surface area contributed by atoms with Crippen molar-refractivity contribution in [1.29, 1.82) is 0 Å². The predicted octanol–water partition coefficient (Wildman–Crippen LogP) is 2.26. The summed E-state index contributed by atoms with van der Waals surface area (Å²) in [4.78, 5) is 22.6. The monoisotopic (exact) mass is 300 g/mol. The third-order valence-corrected chi connectivity index (χ3v) is 2.78. The van der Waals surface area contributed by atoms with Crippen molar-refractivity contribution < 1.29 is 23.5 Å². The quantitative estimate of drug-likeness (QED) is 0.754. The molecule has 1 aromatic carbocycles. The van der Waals surface area contributed by atoms with E-state index in [1.165, 1.54) is 12.1 Å². The molecule has 1 unspecified atom stereocenters. The molecule has 0 fully saturated rings. The van der Waals surface area contributed by atoms with Crippen LogP contribution in [-0.4, -0.2) is 23.1 Å². The van der Waals surface area contributed by atoms with Crippen LogP contribution in [0.25, 0.3) is 0 Å². The second-order valence-electron chi connectivity index (χ2n) is 5.06. The van der Waals surface area contributed by atoms with Crippen molar-refractivity contribution in [3.8, 4) is 0 Å². The molecular formula is C14H18F2N2O3. The van der Waals surface area contributed by atoms with E-state index in [1.54, 1.807) is 0 Å². The van der Waals surface area contributed by atoms with Gasteiger partial charge in [-0.3, -0.25) is 0 Å². The van der Waals surface area contributed by atoms with E-state index in [-0.39, 0.29) is 24.4 Å². The Labute approximate surface area is 121 Å². The lowest BCUT2D eigenvalue weighted by molar-refractivity contribution is -0.139. The zero-order valence-electron chi connectivity index (χ0n) is 11.8. The number of hydrogen-bond acceptors (Lipinski definition) is 2. The maximum Gasteiger partial charge on any atom is 0.326 e. The number of benzene rings is 1. The lowest BCUT2D eigenvalue weighted by Gasteiger charge is -2.17. The Hall–Kier alpha value is -2.18. The zero-order chi connectivity index (χ0) is 16.0. The van der Waals surface area contributed by atoms with E-state index in [9.17, 15) is 18.4 Å². The number of aliphatic carboxylic acids is 1. The molecule has 0 saturated carbocycles. The Morgan fingerprint density at radius 2 is 1.95 bits per heavy atom. The van der Waals surface area contributed by atoms with Gasteiger partial charge in [-0.2, -0.15) is 0 Å². The van der Waals surface area contributed by atoms with Crippen LogP contribution >= 0.6 is 0 Å². The van der Waals surface area contributed by atoms with E-state index in [0.29, 0.717) is 0 Å². The topological polar surface area (TPSA) is 78.4 Å². The minimum absolute atomic E-state index is 0.0131. The van der Waals surface area contributed by atoms with E-state index < -0.39 is 29.7 Å². The minimum atomic E-state index is -1.14. The molecule has 5 nitrogen and oxygen atoms in total. The van der Waals surface area contributed by atoms with Crippen molar-refractivity contribution in [3.63, 3.8) is 0 Å². The van der Waals surface area contributed by atoms with E-state index in [2.05, 4.69) is 10.6 Å². The summed E-state index contributed by atoms with van der Waals surface area (Å²) in [6, 6.07) is 1.87. The normalized spacial score (nSPS) is 12.0. The third-order valence-electron chi connectivity index (χ3n) is 2.78. The van der Waals surface area contributed by atoms with Crippen molar-refractivity contribution in [2.75, 3.05) is 0 Å². The van der Waals surface area contributed by atoms with Gasteiger partial charge in [-0.05, 0) is 18.4 Å². The fraction of sp³-hybridized carbons (Fsp3) is 0.429. The standard InChI is InChI=1S/C14H18F2N2O3/c1-8(2)6-11(13(19)20)18-14(21)17-7-9-4-3-5-10(15)12(9)16/h3-5,8,11H,6-7H2,1-2H3,(H,19,20)(H2,17,18,21). The van der Waals surface area contributed by atoms with Gasteiger partial charge in [0.2, 0.25) is 0 Å². The van der Waals surface area contributed by atoms with Gasteiger partial charge in [0.05, 0.1) is 0 Å². The molecule has 116 valence electrons. The number of carbonyl (C=O) groups excluding carboxylic acids is 1. The average Bonchev–Trinajstić information content (AvgIpc) is 2.39. The number of urea groups is 1. The summed E-state index contributed by atoms with van der Waals surface area (Å²) in [5, 5.41) is 13.6. The summed E-state index contributed by atoms with van der Waals surface area (Å²) >= 11 is 0. The van der Waals surface area contributed by atoms with Crippen LogP contribution in [0.3, 0.4) is 0 Å². The third kappa shape index (κ3) is 5.37. The summed E-state index contributed by atoms with van der Waals surface area (Å²) in [6.07, 6.45) is 0.275. The van der Waals surface area contributed by atoms with Crippen LogP contribution < -0.4 is 10.6 Å². The van der Waals surface area contributed by atoms with Crippen molar-refractivity contribution >= 4 is 12.0 Å².